The van der Waals surface area contributed by atoms with E-state index in [1.165, 1.54) is 0 Å². The summed E-state index contributed by atoms with van der Waals surface area (Å²) >= 11 is 0. The van der Waals surface area contributed by atoms with E-state index in [1.807, 2.05) is 47.0 Å². The number of imidazole rings is 1. The van der Waals surface area contributed by atoms with Crippen molar-refractivity contribution >= 4 is 0 Å². The standard InChI is InChI=1S/C21H20N4O4/c1-27-16-9-14(10-17(28-2)18(16)29-3)15-11-22-19-20(24-21(26)23-19)25(15)12-13-7-5-4-6-8-13/h4-11H,12H2,1-3H3,(H,22,23,26). The molecule has 0 radical (unpaired) electrons. The first kappa shape index (κ1) is 18.5. The molecule has 2 aromatic carbocycles. The van der Waals surface area contributed by atoms with Crippen LogP contribution in [0.1, 0.15) is 5.56 Å². The van der Waals surface area contributed by atoms with Gasteiger partial charge in [-0.1, -0.05) is 30.3 Å². The third-order valence-electron chi connectivity index (χ3n) is 4.65. The molecular formula is C21H20N4O4. The molecule has 0 spiro atoms. The zero-order chi connectivity index (χ0) is 20.4. The minimum atomic E-state index is -0.434. The summed E-state index contributed by atoms with van der Waals surface area (Å²) in [4.78, 5) is 23.0. The summed E-state index contributed by atoms with van der Waals surface area (Å²) in [6.45, 7) is 0.510. The molecule has 8 heteroatoms. The molecule has 2 aliphatic rings. The van der Waals surface area contributed by atoms with Gasteiger partial charge in [-0.3, -0.25) is 4.98 Å². The van der Waals surface area contributed by atoms with Crippen LogP contribution in [0.15, 0.2) is 53.5 Å². The zero-order valence-electron chi connectivity index (χ0n) is 16.3. The quantitative estimate of drug-likeness (QED) is 0.543. The summed E-state index contributed by atoms with van der Waals surface area (Å²) < 4.78 is 18.3. The normalized spacial score (nSPS) is 10.9. The molecule has 8 nitrogen and oxygen atoms in total. The molecule has 0 aromatic heterocycles. The number of hydrogen-bond donors (Lipinski definition) is 1. The number of benzene rings is 2. The van der Waals surface area contributed by atoms with Crippen molar-refractivity contribution in [3.05, 3.63) is 64.7 Å². The molecule has 0 saturated carbocycles. The first-order chi connectivity index (χ1) is 14.1. The molecule has 2 heterocycles. The van der Waals surface area contributed by atoms with Crippen molar-refractivity contribution in [3.63, 3.8) is 0 Å². The first-order valence-electron chi connectivity index (χ1n) is 8.94. The van der Waals surface area contributed by atoms with Gasteiger partial charge in [0, 0.05) is 12.1 Å². The fourth-order valence-electron chi connectivity index (χ4n) is 3.31. The van der Waals surface area contributed by atoms with Gasteiger partial charge in [0.1, 0.15) is 0 Å². The molecule has 0 atom stereocenters. The molecule has 2 aromatic rings. The lowest BCUT2D eigenvalue weighted by molar-refractivity contribution is 0.324. The highest BCUT2D eigenvalue weighted by Crippen LogP contribution is 2.41. The van der Waals surface area contributed by atoms with Crippen LogP contribution in [-0.4, -0.2) is 40.8 Å². The predicted molar refractivity (Wildman–Crippen MR) is 108 cm³/mol. The molecule has 1 N–H and O–H groups in total. The maximum Gasteiger partial charge on any atom is 0.348 e. The van der Waals surface area contributed by atoms with E-state index in [4.69, 9.17) is 14.2 Å². The van der Waals surface area contributed by atoms with Crippen LogP contribution in [0.5, 0.6) is 17.2 Å². The van der Waals surface area contributed by atoms with Crippen LogP contribution >= 0.6 is 0 Å². The molecule has 0 fully saturated rings. The lowest BCUT2D eigenvalue weighted by atomic mass is 10.1. The second-order valence-electron chi connectivity index (χ2n) is 6.34. The Hall–Kier alpha value is -3.81. The molecule has 0 bridgehead atoms. The smallest absolute Gasteiger partial charge is 0.348 e. The topological polar surface area (TPSA) is 91.3 Å². The van der Waals surface area contributed by atoms with Crippen molar-refractivity contribution in [1.29, 1.82) is 0 Å². The lowest BCUT2D eigenvalue weighted by Gasteiger charge is -2.19. The van der Waals surface area contributed by atoms with Gasteiger partial charge in [-0.05, 0) is 17.7 Å². The van der Waals surface area contributed by atoms with Crippen LogP contribution in [0.3, 0.4) is 0 Å². The molecule has 2 aliphatic heterocycles. The van der Waals surface area contributed by atoms with Crippen LogP contribution in [-0.2, 0) is 6.54 Å². The summed E-state index contributed by atoms with van der Waals surface area (Å²) in [5.74, 6) is 2.47. The van der Waals surface area contributed by atoms with Crippen LogP contribution in [0.4, 0.5) is 0 Å². The minimum absolute atomic E-state index is 0.433. The highest BCUT2D eigenvalue weighted by molar-refractivity contribution is 5.70. The van der Waals surface area contributed by atoms with Gasteiger partial charge in [0.2, 0.25) is 5.75 Å². The number of nitrogens with one attached hydrogen (secondary N) is 1. The number of aromatic nitrogens is 4. The van der Waals surface area contributed by atoms with Gasteiger partial charge in [0.25, 0.3) is 0 Å². The van der Waals surface area contributed by atoms with Gasteiger partial charge in [0.15, 0.2) is 23.1 Å². The van der Waals surface area contributed by atoms with Gasteiger partial charge in [-0.25, -0.2) is 9.78 Å². The summed E-state index contributed by atoms with van der Waals surface area (Å²) in [6, 6.07) is 13.6. The van der Waals surface area contributed by atoms with Crippen molar-refractivity contribution in [2.45, 2.75) is 6.54 Å². The number of aromatic amines is 1. The number of ether oxygens (including phenoxy) is 3. The lowest BCUT2D eigenvalue weighted by Crippen LogP contribution is -2.11. The fraction of sp³-hybridized carbons (Fsp3) is 0.190. The van der Waals surface area contributed by atoms with E-state index in [0.29, 0.717) is 35.4 Å². The molecule has 4 rings (SSSR count). The number of H-pyrrole nitrogens is 1. The summed E-state index contributed by atoms with van der Waals surface area (Å²) in [6.07, 6.45) is 1.70. The Kier molecular flexibility index (Phi) is 4.90. The predicted octanol–water partition coefficient (Wildman–Crippen LogP) is 2.81. The highest BCUT2D eigenvalue weighted by atomic mass is 16.5. The first-order valence-corrected chi connectivity index (χ1v) is 8.94. The summed E-state index contributed by atoms with van der Waals surface area (Å²) in [5, 5.41) is 0. The Morgan fingerprint density at radius 3 is 2.31 bits per heavy atom. The second kappa shape index (κ2) is 7.67. The maximum atomic E-state index is 11.8. The second-order valence-corrected chi connectivity index (χ2v) is 6.34. The Morgan fingerprint density at radius 2 is 1.69 bits per heavy atom. The van der Waals surface area contributed by atoms with Crippen LogP contribution < -0.4 is 19.9 Å². The van der Waals surface area contributed by atoms with Crippen LogP contribution in [0.2, 0.25) is 0 Å². The molecule has 148 valence electrons. The molecule has 0 unspecified atom stereocenters. The van der Waals surface area contributed by atoms with Crippen molar-refractivity contribution in [2.75, 3.05) is 21.3 Å². The minimum Gasteiger partial charge on any atom is -0.493 e. The number of hydrogen-bond acceptors (Lipinski definition) is 6. The summed E-state index contributed by atoms with van der Waals surface area (Å²) in [5.41, 5.74) is 2.18. The van der Waals surface area contributed by atoms with E-state index >= 15 is 0 Å². The van der Waals surface area contributed by atoms with E-state index < -0.39 is 5.69 Å². The Labute approximate surface area is 167 Å². The Balaban J connectivity index is 1.95. The number of nitrogens with zero attached hydrogens (tertiary/aromatic N) is 3. The van der Waals surface area contributed by atoms with E-state index in [1.54, 1.807) is 27.5 Å². The van der Waals surface area contributed by atoms with Gasteiger partial charge >= 0.3 is 5.69 Å². The van der Waals surface area contributed by atoms with Crippen molar-refractivity contribution in [2.24, 2.45) is 0 Å². The van der Waals surface area contributed by atoms with Crippen molar-refractivity contribution in [3.8, 4) is 40.2 Å². The maximum absolute atomic E-state index is 11.8. The average Bonchev–Trinajstić information content (AvgIpc) is 3.14. The van der Waals surface area contributed by atoms with E-state index in [0.717, 1.165) is 16.8 Å². The van der Waals surface area contributed by atoms with E-state index in [9.17, 15) is 4.79 Å². The molecule has 0 aliphatic carbocycles. The fourth-order valence-corrected chi connectivity index (χ4v) is 3.31. The van der Waals surface area contributed by atoms with Gasteiger partial charge in [0.05, 0.1) is 33.2 Å². The SMILES string of the molecule is COc1cc(-c2cnc3[nH]c(=O)nc-3n2Cc2ccccc2)cc(OC)c1OC. The van der Waals surface area contributed by atoms with Crippen molar-refractivity contribution < 1.29 is 14.2 Å². The summed E-state index contributed by atoms with van der Waals surface area (Å²) in [7, 11) is 4.69. The number of fused-ring (bicyclic) bond motifs is 1. The van der Waals surface area contributed by atoms with Gasteiger partial charge in [-0.2, -0.15) is 4.98 Å². The van der Waals surface area contributed by atoms with Gasteiger partial charge in [-0.15, -0.1) is 0 Å². The molecule has 29 heavy (non-hydrogen) atoms. The van der Waals surface area contributed by atoms with Crippen LogP contribution in [0.25, 0.3) is 22.9 Å². The number of methoxy groups -OCH3 is 3. The largest absolute Gasteiger partial charge is 0.493 e. The Morgan fingerprint density at radius 1 is 1.00 bits per heavy atom. The average molecular weight is 392 g/mol. The zero-order valence-corrected chi connectivity index (χ0v) is 16.3. The third-order valence-corrected chi connectivity index (χ3v) is 4.65. The monoisotopic (exact) mass is 392 g/mol. The molecular weight excluding hydrogens is 372 g/mol. The Bertz CT molecular complexity index is 1140. The van der Waals surface area contributed by atoms with E-state index in [-0.39, 0.29) is 0 Å². The van der Waals surface area contributed by atoms with Crippen molar-refractivity contribution in [1.82, 2.24) is 19.5 Å². The van der Waals surface area contributed by atoms with Crippen LogP contribution in [0, 0.1) is 0 Å². The molecule has 0 saturated heterocycles. The molecule has 0 amide bonds. The highest BCUT2D eigenvalue weighted by Gasteiger charge is 2.21. The number of rotatable bonds is 6. The third kappa shape index (κ3) is 3.40. The van der Waals surface area contributed by atoms with Gasteiger partial charge < -0.3 is 18.8 Å². The van der Waals surface area contributed by atoms with E-state index in [2.05, 4.69) is 15.0 Å².